The molecule has 1 aromatic carbocycles. The number of methoxy groups -OCH3 is 2. The van der Waals surface area contributed by atoms with Crippen LogP contribution in [0.2, 0.25) is 0 Å². The number of amides is 1. The number of ether oxygens (including phenoxy) is 3. The molecule has 3 aromatic heterocycles. The molecule has 1 aliphatic rings. The molecule has 39 heavy (non-hydrogen) atoms. The number of hydrogen-bond donors (Lipinski definition) is 0. The van der Waals surface area contributed by atoms with Gasteiger partial charge in [0.15, 0.2) is 0 Å². The van der Waals surface area contributed by atoms with Crippen LogP contribution in [0.15, 0.2) is 48.8 Å². The fourth-order valence-electron chi connectivity index (χ4n) is 4.70. The Bertz CT molecular complexity index is 1530. The molecule has 11 heteroatoms. The Morgan fingerprint density at radius 2 is 1.87 bits per heavy atom. The van der Waals surface area contributed by atoms with Crippen molar-refractivity contribution in [3.63, 3.8) is 0 Å². The Balaban J connectivity index is 1.54. The van der Waals surface area contributed by atoms with E-state index >= 15 is 8.78 Å². The number of morpholine rings is 1. The number of esters is 1. The van der Waals surface area contributed by atoms with Crippen LogP contribution in [0.3, 0.4) is 0 Å². The van der Waals surface area contributed by atoms with Crippen molar-refractivity contribution in [3.8, 4) is 22.5 Å². The maximum atomic E-state index is 15.6. The predicted molar refractivity (Wildman–Crippen MR) is 137 cm³/mol. The van der Waals surface area contributed by atoms with Crippen molar-refractivity contribution >= 4 is 17.7 Å². The standard InChI is InChI=1S/C28H26F2N4O5/c1-16-6-7-34-23(13-19-15-33(8-9-39-19)28(36)38-3)26(32-24(34)10-16)25-20(29)11-18(12-21(25)30)22-5-4-17(14-31-22)27(35)37-2/h4-7,10-12,14,19H,8-9,13,15H2,1-3H3/t19-/m0/s1. The molecule has 0 radical (unpaired) electrons. The van der Waals surface area contributed by atoms with E-state index in [0.717, 1.165) is 5.56 Å². The number of aromatic nitrogens is 3. The minimum Gasteiger partial charge on any atom is -0.465 e. The summed E-state index contributed by atoms with van der Waals surface area (Å²) in [6.07, 6.45) is 2.45. The summed E-state index contributed by atoms with van der Waals surface area (Å²) in [5, 5.41) is 0. The molecule has 1 amide bonds. The van der Waals surface area contributed by atoms with E-state index in [-0.39, 0.29) is 41.0 Å². The molecule has 5 rings (SSSR count). The third-order valence-corrected chi connectivity index (χ3v) is 6.63. The highest BCUT2D eigenvalue weighted by atomic mass is 19.1. The monoisotopic (exact) mass is 536 g/mol. The first-order valence-corrected chi connectivity index (χ1v) is 12.2. The minimum atomic E-state index is -0.814. The van der Waals surface area contributed by atoms with E-state index in [1.807, 2.05) is 19.1 Å². The van der Waals surface area contributed by atoms with Crippen LogP contribution in [0.1, 0.15) is 21.6 Å². The lowest BCUT2D eigenvalue weighted by Crippen LogP contribution is -2.46. The molecule has 0 N–H and O–H groups in total. The van der Waals surface area contributed by atoms with Crippen LogP contribution in [0.25, 0.3) is 28.2 Å². The Hall–Kier alpha value is -4.38. The van der Waals surface area contributed by atoms with E-state index in [1.165, 1.54) is 49.6 Å². The number of pyridine rings is 2. The summed E-state index contributed by atoms with van der Waals surface area (Å²) in [5.41, 5.74) is 2.61. The van der Waals surface area contributed by atoms with Crippen LogP contribution < -0.4 is 0 Å². The van der Waals surface area contributed by atoms with Crippen molar-refractivity contribution in [3.05, 3.63) is 77.2 Å². The van der Waals surface area contributed by atoms with Crippen LogP contribution in [0, 0.1) is 18.6 Å². The fraction of sp³-hybridized carbons (Fsp3) is 0.286. The van der Waals surface area contributed by atoms with Crippen molar-refractivity contribution in [2.45, 2.75) is 19.4 Å². The average molecular weight is 537 g/mol. The number of carbonyl (C=O) groups excluding carboxylic acids is 2. The SMILES string of the molecule is COC(=O)c1ccc(-c2cc(F)c(-c3nc4cc(C)ccn4c3C[C@H]3CN(C(=O)OC)CCO3)c(F)c2)nc1. The van der Waals surface area contributed by atoms with Gasteiger partial charge in [-0.2, -0.15) is 0 Å². The molecule has 0 bridgehead atoms. The zero-order valence-corrected chi connectivity index (χ0v) is 21.6. The van der Waals surface area contributed by atoms with Crippen LogP contribution in [0.5, 0.6) is 0 Å². The van der Waals surface area contributed by atoms with Gasteiger partial charge in [-0.3, -0.25) is 4.98 Å². The average Bonchev–Trinajstić information content (AvgIpc) is 3.28. The highest BCUT2D eigenvalue weighted by Gasteiger charge is 2.29. The first-order chi connectivity index (χ1) is 18.8. The summed E-state index contributed by atoms with van der Waals surface area (Å²) in [5.74, 6) is -2.19. The number of aryl methyl sites for hydroxylation is 1. The number of imidazole rings is 1. The maximum absolute atomic E-state index is 15.6. The molecule has 1 aliphatic heterocycles. The largest absolute Gasteiger partial charge is 0.465 e. The Morgan fingerprint density at radius 1 is 1.10 bits per heavy atom. The van der Waals surface area contributed by atoms with E-state index in [9.17, 15) is 9.59 Å². The van der Waals surface area contributed by atoms with Gasteiger partial charge >= 0.3 is 12.1 Å². The molecule has 1 fully saturated rings. The summed E-state index contributed by atoms with van der Waals surface area (Å²) >= 11 is 0. The Labute approximate surface area is 223 Å². The molecule has 9 nitrogen and oxygen atoms in total. The quantitative estimate of drug-likeness (QED) is 0.348. The lowest BCUT2D eigenvalue weighted by Gasteiger charge is -2.32. The molecule has 202 valence electrons. The van der Waals surface area contributed by atoms with Crippen molar-refractivity contribution < 1.29 is 32.6 Å². The highest BCUT2D eigenvalue weighted by molar-refractivity contribution is 5.89. The van der Waals surface area contributed by atoms with Gasteiger partial charge in [0.1, 0.15) is 17.3 Å². The van der Waals surface area contributed by atoms with Gasteiger partial charge in [0.25, 0.3) is 0 Å². The Kier molecular flexibility index (Phi) is 7.25. The number of benzene rings is 1. The van der Waals surface area contributed by atoms with E-state index in [2.05, 4.69) is 14.7 Å². The summed E-state index contributed by atoms with van der Waals surface area (Å²) < 4.78 is 48.4. The van der Waals surface area contributed by atoms with Gasteiger partial charge in [0.05, 0.1) is 61.7 Å². The van der Waals surface area contributed by atoms with Gasteiger partial charge in [-0.15, -0.1) is 0 Å². The van der Waals surface area contributed by atoms with Crippen molar-refractivity contribution in [1.29, 1.82) is 0 Å². The smallest absolute Gasteiger partial charge is 0.409 e. The zero-order valence-electron chi connectivity index (χ0n) is 21.6. The third-order valence-electron chi connectivity index (χ3n) is 6.63. The minimum absolute atomic E-state index is 0.148. The molecule has 1 saturated heterocycles. The number of rotatable bonds is 5. The summed E-state index contributed by atoms with van der Waals surface area (Å²) in [6.45, 7) is 2.87. The molecule has 0 aliphatic carbocycles. The second kappa shape index (κ2) is 10.8. The van der Waals surface area contributed by atoms with Gasteiger partial charge in [0, 0.05) is 30.9 Å². The number of hydrogen-bond acceptors (Lipinski definition) is 7. The van der Waals surface area contributed by atoms with Gasteiger partial charge in [-0.05, 0) is 48.9 Å². The van der Waals surface area contributed by atoms with E-state index in [0.29, 0.717) is 24.5 Å². The van der Waals surface area contributed by atoms with Gasteiger partial charge in [-0.1, -0.05) is 0 Å². The van der Waals surface area contributed by atoms with Crippen LogP contribution in [-0.4, -0.2) is 71.4 Å². The molecular weight excluding hydrogens is 510 g/mol. The predicted octanol–water partition coefficient (Wildman–Crippen LogP) is 4.45. The molecule has 0 unspecified atom stereocenters. The molecule has 4 heterocycles. The second-order valence-corrected chi connectivity index (χ2v) is 9.19. The first kappa shape index (κ1) is 26.2. The summed E-state index contributed by atoms with van der Waals surface area (Å²) in [6, 6.07) is 9.05. The van der Waals surface area contributed by atoms with E-state index in [4.69, 9.17) is 9.47 Å². The molecule has 1 atom stereocenters. The van der Waals surface area contributed by atoms with Gasteiger partial charge < -0.3 is 23.5 Å². The van der Waals surface area contributed by atoms with Gasteiger partial charge in [-0.25, -0.2) is 23.4 Å². The van der Waals surface area contributed by atoms with Crippen LogP contribution in [0.4, 0.5) is 13.6 Å². The normalized spacial score (nSPS) is 15.4. The molecule has 0 spiro atoms. The first-order valence-electron chi connectivity index (χ1n) is 12.2. The number of fused-ring (bicyclic) bond motifs is 1. The Morgan fingerprint density at radius 3 is 2.54 bits per heavy atom. The maximum Gasteiger partial charge on any atom is 0.409 e. The van der Waals surface area contributed by atoms with E-state index < -0.39 is 29.8 Å². The number of nitrogens with zero attached hydrogens (tertiary/aromatic N) is 4. The fourth-order valence-corrected chi connectivity index (χ4v) is 4.70. The number of carbonyl (C=O) groups is 2. The lowest BCUT2D eigenvalue weighted by atomic mass is 10.0. The molecule has 0 saturated carbocycles. The van der Waals surface area contributed by atoms with Crippen molar-refractivity contribution in [2.75, 3.05) is 33.9 Å². The summed E-state index contributed by atoms with van der Waals surface area (Å²) in [4.78, 5) is 34.0. The highest BCUT2D eigenvalue weighted by Crippen LogP contribution is 2.34. The van der Waals surface area contributed by atoms with Crippen LogP contribution >= 0.6 is 0 Å². The van der Waals surface area contributed by atoms with Crippen LogP contribution in [-0.2, 0) is 20.6 Å². The lowest BCUT2D eigenvalue weighted by molar-refractivity contribution is -0.0241. The topological polar surface area (TPSA) is 95.3 Å². The second-order valence-electron chi connectivity index (χ2n) is 9.19. The number of halogens is 2. The molecular formula is C28H26F2N4O5. The van der Waals surface area contributed by atoms with E-state index in [1.54, 1.807) is 10.6 Å². The van der Waals surface area contributed by atoms with Crippen molar-refractivity contribution in [1.82, 2.24) is 19.3 Å². The summed E-state index contributed by atoms with van der Waals surface area (Å²) in [7, 11) is 2.57. The molecule has 4 aromatic rings. The van der Waals surface area contributed by atoms with Crippen molar-refractivity contribution in [2.24, 2.45) is 0 Å². The zero-order chi connectivity index (χ0) is 27.7. The van der Waals surface area contributed by atoms with Gasteiger partial charge in [0.2, 0.25) is 0 Å². The third kappa shape index (κ3) is 5.17.